The molecule has 0 saturated heterocycles. The number of aromatic nitrogens is 3. The Balaban J connectivity index is 1.64. The fourth-order valence-corrected chi connectivity index (χ4v) is 2.92. The first-order chi connectivity index (χ1) is 14.1. The fourth-order valence-electron chi connectivity index (χ4n) is 2.80. The maximum absolute atomic E-state index is 6.19. The molecule has 0 spiro atoms. The molecule has 0 aliphatic rings. The highest BCUT2D eigenvalue weighted by molar-refractivity contribution is 6.30. The van der Waals surface area contributed by atoms with Gasteiger partial charge in [-0.05, 0) is 67.9 Å². The topological polar surface area (TPSA) is 59.9 Å². The zero-order chi connectivity index (χ0) is 20.2. The summed E-state index contributed by atoms with van der Waals surface area (Å²) in [5.41, 5.74) is 4.35. The standard InChI is InChI=1S/C23H19ClN4O/c1-15-13-21(23(27-16(15)2)20-5-3-4-11-25-20)29-19-10-12-26-22(14-19)28-18-8-6-17(24)7-9-18/h3-14H,1-2H3,(H,26,28). The average Bonchev–Trinajstić information content (AvgIpc) is 2.73. The van der Waals surface area contributed by atoms with Gasteiger partial charge >= 0.3 is 0 Å². The fraction of sp³-hybridized carbons (Fsp3) is 0.0870. The van der Waals surface area contributed by atoms with Gasteiger partial charge in [-0.2, -0.15) is 0 Å². The minimum Gasteiger partial charge on any atom is -0.455 e. The number of hydrogen-bond donors (Lipinski definition) is 1. The number of anilines is 2. The third-order valence-electron chi connectivity index (χ3n) is 4.41. The lowest BCUT2D eigenvalue weighted by Gasteiger charge is -2.13. The Bertz CT molecular complexity index is 1130. The predicted molar refractivity (Wildman–Crippen MR) is 116 cm³/mol. The van der Waals surface area contributed by atoms with Gasteiger partial charge in [0, 0.05) is 34.9 Å². The highest BCUT2D eigenvalue weighted by Gasteiger charge is 2.13. The van der Waals surface area contributed by atoms with Gasteiger partial charge in [-0.1, -0.05) is 17.7 Å². The van der Waals surface area contributed by atoms with E-state index < -0.39 is 0 Å². The summed E-state index contributed by atoms with van der Waals surface area (Å²) in [5.74, 6) is 1.97. The summed E-state index contributed by atoms with van der Waals surface area (Å²) in [6.45, 7) is 3.99. The number of hydrogen-bond acceptors (Lipinski definition) is 5. The molecule has 0 amide bonds. The van der Waals surface area contributed by atoms with Crippen LogP contribution >= 0.6 is 11.6 Å². The molecule has 0 aliphatic carbocycles. The van der Waals surface area contributed by atoms with Crippen molar-refractivity contribution in [2.45, 2.75) is 13.8 Å². The monoisotopic (exact) mass is 402 g/mol. The van der Waals surface area contributed by atoms with Crippen molar-refractivity contribution in [3.8, 4) is 22.9 Å². The highest BCUT2D eigenvalue weighted by Crippen LogP contribution is 2.33. The van der Waals surface area contributed by atoms with E-state index in [4.69, 9.17) is 21.3 Å². The quantitative estimate of drug-likeness (QED) is 0.421. The van der Waals surface area contributed by atoms with Crippen molar-refractivity contribution in [1.29, 1.82) is 0 Å². The zero-order valence-electron chi connectivity index (χ0n) is 16.1. The molecular weight excluding hydrogens is 384 g/mol. The van der Waals surface area contributed by atoms with E-state index >= 15 is 0 Å². The first-order valence-corrected chi connectivity index (χ1v) is 9.52. The third kappa shape index (κ3) is 4.52. The summed E-state index contributed by atoms with van der Waals surface area (Å²) in [5, 5.41) is 3.93. The molecule has 5 nitrogen and oxygen atoms in total. The van der Waals surface area contributed by atoms with Crippen LogP contribution in [0.5, 0.6) is 11.5 Å². The Kier molecular flexibility index (Phi) is 5.40. The van der Waals surface area contributed by atoms with E-state index in [0.717, 1.165) is 22.6 Å². The second-order valence-corrected chi connectivity index (χ2v) is 7.00. The first kappa shape index (κ1) is 18.9. The number of nitrogens with one attached hydrogen (secondary N) is 1. The van der Waals surface area contributed by atoms with Crippen LogP contribution in [0, 0.1) is 13.8 Å². The van der Waals surface area contributed by atoms with Crippen molar-refractivity contribution in [2.24, 2.45) is 0 Å². The second kappa shape index (κ2) is 8.29. The number of halogens is 1. The Hall–Kier alpha value is -3.44. The van der Waals surface area contributed by atoms with Crippen molar-refractivity contribution >= 4 is 23.1 Å². The van der Waals surface area contributed by atoms with Gasteiger partial charge in [-0.25, -0.2) is 9.97 Å². The van der Waals surface area contributed by atoms with Crippen molar-refractivity contribution in [3.05, 3.63) is 89.3 Å². The summed E-state index contributed by atoms with van der Waals surface area (Å²) >= 11 is 5.94. The van der Waals surface area contributed by atoms with E-state index in [1.54, 1.807) is 12.4 Å². The van der Waals surface area contributed by atoms with Gasteiger partial charge in [-0.15, -0.1) is 0 Å². The van der Waals surface area contributed by atoms with E-state index in [0.29, 0.717) is 28.0 Å². The van der Waals surface area contributed by atoms with Gasteiger partial charge in [0.05, 0.1) is 5.69 Å². The third-order valence-corrected chi connectivity index (χ3v) is 4.67. The van der Waals surface area contributed by atoms with Crippen LogP contribution in [-0.4, -0.2) is 15.0 Å². The highest BCUT2D eigenvalue weighted by atomic mass is 35.5. The van der Waals surface area contributed by atoms with E-state index in [1.807, 2.05) is 74.5 Å². The minimum atomic E-state index is 0.649. The molecule has 6 heteroatoms. The maximum atomic E-state index is 6.19. The molecule has 29 heavy (non-hydrogen) atoms. The number of ether oxygens (including phenoxy) is 1. The number of nitrogens with zero attached hydrogens (tertiary/aromatic N) is 3. The summed E-state index contributed by atoms with van der Waals surface area (Å²) in [6, 6.07) is 18.8. The summed E-state index contributed by atoms with van der Waals surface area (Å²) in [7, 11) is 0. The Labute approximate surface area is 174 Å². The average molecular weight is 403 g/mol. The van der Waals surface area contributed by atoms with Crippen LogP contribution in [0.1, 0.15) is 11.3 Å². The van der Waals surface area contributed by atoms with Crippen molar-refractivity contribution in [2.75, 3.05) is 5.32 Å². The first-order valence-electron chi connectivity index (χ1n) is 9.14. The smallest absolute Gasteiger partial charge is 0.155 e. The number of aryl methyl sites for hydroxylation is 2. The molecule has 0 fully saturated rings. The van der Waals surface area contributed by atoms with Crippen LogP contribution in [0.25, 0.3) is 11.4 Å². The van der Waals surface area contributed by atoms with Crippen LogP contribution < -0.4 is 10.1 Å². The normalized spacial score (nSPS) is 10.6. The molecule has 0 bridgehead atoms. The summed E-state index contributed by atoms with van der Waals surface area (Å²) in [4.78, 5) is 13.5. The molecule has 0 atom stereocenters. The van der Waals surface area contributed by atoms with E-state index in [2.05, 4.69) is 15.3 Å². The molecule has 0 aliphatic heterocycles. The van der Waals surface area contributed by atoms with E-state index in [1.165, 1.54) is 0 Å². The lowest BCUT2D eigenvalue weighted by Crippen LogP contribution is -1.98. The minimum absolute atomic E-state index is 0.649. The van der Waals surface area contributed by atoms with Crippen LogP contribution in [0.4, 0.5) is 11.5 Å². The summed E-state index contributed by atoms with van der Waals surface area (Å²) < 4.78 is 6.19. The lowest BCUT2D eigenvalue weighted by atomic mass is 10.1. The maximum Gasteiger partial charge on any atom is 0.155 e. The van der Waals surface area contributed by atoms with Crippen LogP contribution in [-0.2, 0) is 0 Å². The zero-order valence-corrected chi connectivity index (χ0v) is 16.8. The second-order valence-electron chi connectivity index (χ2n) is 6.56. The number of rotatable bonds is 5. The molecule has 0 saturated carbocycles. The van der Waals surface area contributed by atoms with Crippen LogP contribution in [0.15, 0.2) is 73.1 Å². The molecule has 0 radical (unpaired) electrons. The SMILES string of the molecule is Cc1cc(Oc2ccnc(Nc3ccc(Cl)cc3)c2)c(-c2ccccn2)nc1C. The Morgan fingerprint density at radius 1 is 0.897 bits per heavy atom. The van der Waals surface area contributed by atoms with Gasteiger partial charge < -0.3 is 10.1 Å². The molecule has 1 aromatic carbocycles. The lowest BCUT2D eigenvalue weighted by molar-refractivity contribution is 0.481. The molecule has 1 N–H and O–H groups in total. The molecule has 144 valence electrons. The molecule has 3 aromatic heterocycles. The van der Waals surface area contributed by atoms with E-state index in [-0.39, 0.29) is 0 Å². The Morgan fingerprint density at radius 3 is 2.48 bits per heavy atom. The van der Waals surface area contributed by atoms with Gasteiger partial charge in [-0.3, -0.25) is 4.98 Å². The van der Waals surface area contributed by atoms with Crippen LogP contribution in [0.3, 0.4) is 0 Å². The molecular formula is C23H19ClN4O. The van der Waals surface area contributed by atoms with Gasteiger partial charge in [0.25, 0.3) is 0 Å². The largest absolute Gasteiger partial charge is 0.455 e. The van der Waals surface area contributed by atoms with Gasteiger partial charge in [0.2, 0.25) is 0 Å². The van der Waals surface area contributed by atoms with Crippen molar-refractivity contribution in [3.63, 3.8) is 0 Å². The van der Waals surface area contributed by atoms with Crippen molar-refractivity contribution in [1.82, 2.24) is 15.0 Å². The summed E-state index contributed by atoms with van der Waals surface area (Å²) in [6.07, 6.45) is 3.44. The predicted octanol–water partition coefficient (Wildman–Crippen LogP) is 6.34. The molecule has 0 unspecified atom stereocenters. The van der Waals surface area contributed by atoms with E-state index in [9.17, 15) is 0 Å². The van der Waals surface area contributed by atoms with Gasteiger partial charge in [0.1, 0.15) is 17.3 Å². The number of pyridine rings is 3. The van der Waals surface area contributed by atoms with Crippen molar-refractivity contribution < 1.29 is 4.74 Å². The number of benzene rings is 1. The Morgan fingerprint density at radius 2 is 1.72 bits per heavy atom. The van der Waals surface area contributed by atoms with Gasteiger partial charge in [0.15, 0.2) is 5.75 Å². The molecule has 4 aromatic rings. The van der Waals surface area contributed by atoms with Crippen LogP contribution in [0.2, 0.25) is 5.02 Å². The molecule has 4 rings (SSSR count). The molecule has 3 heterocycles.